The first kappa shape index (κ1) is 21.1. The summed E-state index contributed by atoms with van der Waals surface area (Å²) in [6, 6.07) is 18.5. The van der Waals surface area contributed by atoms with Crippen LogP contribution in [0.5, 0.6) is 5.75 Å². The molecular formula is C22H22N6O4. The van der Waals surface area contributed by atoms with Gasteiger partial charge in [-0.3, -0.25) is 14.3 Å². The Morgan fingerprint density at radius 1 is 1.16 bits per heavy atom. The molecule has 0 aliphatic rings. The van der Waals surface area contributed by atoms with Crippen molar-refractivity contribution in [3.63, 3.8) is 0 Å². The number of hydrazone groups is 1. The van der Waals surface area contributed by atoms with Crippen LogP contribution in [0.2, 0.25) is 0 Å². The van der Waals surface area contributed by atoms with E-state index in [0.717, 1.165) is 5.56 Å². The van der Waals surface area contributed by atoms with Crippen LogP contribution in [0.25, 0.3) is 11.2 Å². The molecule has 10 heteroatoms. The van der Waals surface area contributed by atoms with Gasteiger partial charge >= 0.3 is 5.69 Å². The minimum Gasteiger partial charge on any atom is -0.491 e. The molecule has 0 aliphatic carbocycles. The minimum absolute atomic E-state index is 0.0000781. The van der Waals surface area contributed by atoms with Gasteiger partial charge in [0.2, 0.25) is 5.95 Å². The summed E-state index contributed by atoms with van der Waals surface area (Å²) in [5, 5.41) is 14.7. The lowest BCUT2D eigenvalue weighted by molar-refractivity contribution is 0.0938. The Balaban J connectivity index is 1.63. The van der Waals surface area contributed by atoms with Crippen molar-refractivity contribution in [3.05, 3.63) is 87.1 Å². The zero-order valence-electron chi connectivity index (χ0n) is 17.3. The summed E-state index contributed by atoms with van der Waals surface area (Å²) in [5.74, 6) is 0.825. The SMILES string of the molecule is Cn1c(=O)[nH]c(=O)c2c1nc(NN=Cc1ccccc1)n2C[C@H](O)COc1ccccc1. The molecule has 3 N–H and O–H groups in total. The maximum Gasteiger partial charge on any atom is 0.329 e. The first-order valence-electron chi connectivity index (χ1n) is 9.92. The lowest BCUT2D eigenvalue weighted by atomic mass is 10.2. The number of anilines is 1. The number of aromatic amines is 1. The fourth-order valence-corrected chi connectivity index (χ4v) is 3.17. The van der Waals surface area contributed by atoms with Gasteiger partial charge in [-0.15, -0.1) is 0 Å². The fraction of sp³-hybridized carbons (Fsp3) is 0.182. The van der Waals surface area contributed by atoms with Crippen LogP contribution in [0.1, 0.15) is 5.56 Å². The van der Waals surface area contributed by atoms with Crippen molar-refractivity contribution in [3.8, 4) is 5.75 Å². The summed E-state index contributed by atoms with van der Waals surface area (Å²) >= 11 is 0. The van der Waals surface area contributed by atoms with E-state index in [2.05, 4.69) is 20.5 Å². The third-order valence-corrected chi connectivity index (χ3v) is 4.76. The van der Waals surface area contributed by atoms with E-state index in [4.69, 9.17) is 4.74 Å². The van der Waals surface area contributed by atoms with E-state index in [9.17, 15) is 14.7 Å². The average molecular weight is 434 g/mol. The quantitative estimate of drug-likeness (QED) is 0.284. The van der Waals surface area contributed by atoms with Crippen molar-refractivity contribution >= 4 is 23.3 Å². The van der Waals surface area contributed by atoms with Crippen LogP contribution in [0.4, 0.5) is 5.95 Å². The maximum absolute atomic E-state index is 12.5. The zero-order valence-corrected chi connectivity index (χ0v) is 17.3. The van der Waals surface area contributed by atoms with Crippen molar-refractivity contribution in [1.29, 1.82) is 0 Å². The Morgan fingerprint density at radius 2 is 1.84 bits per heavy atom. The third kappa shape index (κ3) is 4.60. The van der Waals surface area contributed by atoms with Crippen molar-refractivity contribution < 1.29 is 9.84 Å². The topological polar surface area (TPSA) is 127 Å². The number of ether oxygens (including phenoxy) is 1. The second kappa shape index (κ2) is 9.31. The first-order valence-corrected chi connectivity index (χ1v) is 9.92. The van der Waals surface area contributed by atoms with Gasteiger partial charge in [0, 0.05) is 7.05 Å². The molecule has 4 aromatic rings. The molecule has 2 heterocycles. The molecule has 10 nitrogen and oxygen atoms in total. The Hall–Kier alpha value is -4.18. The van der Waals surface area contributed by atoms with Gasteiger partial charge in [0.25, 0.3) is 5.56 Å². The fourth-order valence-electron chi connectivity index (χ4n) is 3.17. The van der Waals surface area contributed by atoms with Crippen LogP contribution >= 0.6 is 0 Å². The molecule has 0 saturated heterocycles. The number of benzene rings is 2. The van der Waals surface area contributed by atoms with Crippen molar-refractivity contribution in [2.75, 3.05) is 12.0 Å². The van der Waals surface area contributed by atoms with Crippen molar-refractivity contribution in [2.24, 2.45) is 12.1 Å². The van der Waals surface area contributed by atoms with Crippen LogP contribution in [-0.2, 0) is 13.6 Å². The van der Waals surface area contributed by atoms with Gasteiger partial charge in [-0.05, 0) is 17.7 Å². The van der Waals surface area contributed by atoms with E-state index in [1.807, 2.05) is 48.5 Å². The normalized spacial score (nSPS) is 12.3. The largest absolute Gasteiger partial charge is 0.491 e. The van der Waals surface area contributed by atoms with Gasteiger partial charge < -0.3 is 14.4 Å². The molecule has 164 valence electrons. The molecule has 32 heavy (non-hydrogen) atoms. The maximum atomic E-state index is 12.5. The van der Waals surface area contributed by atoms with Gasteiger partial charge in [0.15, 0.2) is 11.2 Å². The Bertz CT molecular complexity index is 1340. The van der Waals surface area contributed by atoms with Crippen LogP contribution in [-0.4, -0.2) is 43.1 Å². The summed E-state index contributed by atoms with van der Waals surface area (Å²) < 4.78 is 8.32. The number of rotatable bonds is 8. The number of imidazole rings is 1. The highest BCUT2D eigenvalue weighted by Crippen LogP contribution is 2.17. The minimum atomic E-state index is -0.956. The number of aromatic nitrogens is 4. The third-order valence-electron chi connectivity index (χ3n) is 4.76. The molecule has 4 rings (SSSR count). The van der Waals surface area contributed by atoms with E-state index in [0.29, 0.717) is 5.75 Å². The number of nitrogens with zero attached hydrogens (tertiary/aromatic N) is 4. The summed E-state index contributed by atoms with van der Waals surface area (Å²) in [6.45, 7) is -0.00607. The number of hydrogen-bond acceptors (Lipinski definition) is 7. The van der Waals surface area contributed by atoms with Crippen LogP contribution < -0.4 is 21.4 Å². The second-order valence-electron chi connectivity index (χ2n) is 7.10. The summed E-state index contributed by atoms with van der Waals surface area (Å²) in [6.07, 6.45) is 0.643. The van der Waals surface area contributed by atoms with Crippen molar-refractivity contribution in [1.82, 2.24) is 19.1 Å². The molecule has 0 aliphatic heterocycles. The number of aliphatic hydroxyl groups excluding tert-OH is 1. The van der Waals surface area contributed by atoms with Crippen LogP contribution in [0, 0.1) is 0 Å². The first-order chi connectivity index (χ1) is 15.5. The summed E-state index contributed by atoms with van der Waals surface area (Å²) in [7, 11) is 1.50. The van der Waals surface area contributed by atoms with Crippen LogP contribution in [0.3, 0.4) is 0 Å². The van der Waals surface area contributed by atoms with Gasteiger partial charge in [-0.25, -0.2) is 10.2 Å². The molecule has 0 bridgehead atoms. The molecule has 0 spiro atoms. The molecule has 0 radical (unpaired) electrons. The molecule has 2 aromatic heterocycles. The molecule has 2 aromatic carbocycles. The molecule has 0 saturated carbocycles. The number of para-hydroxylation sites is 1. The smallest absolute Gasteiger partial charge is 0.329 e. The predicted octanol–water partition coefficient (Wildman–Crippen LogP) is 1.31. The van der Waals surface area contributed by atoms with Crippen molar-refractivity contribution in [2.45, 2.75) is 12.6 Å². The molecular weight excluding hydrogens is 412 g/mol. The molecule has 0 fully saturated rings. The van der Waals surface area contributed by atoms with Gasteiger partial charge in [-0.1, -0.05) is 48.5 Å². The van der Waals surface area contributed by atoms with E-state index in [1.165, 1.54) is 16.2 Å². The summed E-state index contributed by atoms with van der Waals surface area (Å²) in [5.41, 5.74) is 2.80. The number of fused-ring (bicyclic) bond motifs is 1. The van der Waals surface area contributed by atoms with E-state index >= 15 is 0 Å². The van der Waals surface area contributed by atoms with Gasteiger partial charge in [0.1, 0.15) is 18.5 Å². The second-order valence-corrected chi connectivity index (χ2v) is 7.10. The highest BCUT2D eigenvalue weighted by atomic mass is 16.5. The molecule has 1 atom stereocenters. The monoisotopic (exact) mass is 434 g/mol. The van der Waals surface area contributed by atoms with E-state index in [-0.39, 0.29) is 30.3 Å². The zero-order chi connectivity index (χ0) is 22.5. The predicted molar refractivity (Wildman–Crippen MR) is 121 cm³/mol. The number of aryl methyl sites for hydroxylation is 1. The van der Waals surface area contributed by atoms with Gasteiger partial charge in [-0.2, -0.15) is 10.1 Å². The standard InChI is InChI=1S/C22H22N6O4/c1-27-19-18(20(30)25-22(27)31)28(13-16(29)14-32-17-10-6-3-7-11-17)21(24-19)26-23-12-15-8-4-2-5-9-15/h2-12,16,29H,13-14H2,1H3,(H,24,26)(H,25,30,31)/t16-/m0/s1. The van der Waals surface area contributed by atoms with Crippen LogP contribution in [0.15, 0.2) is 75.4 Å². The lowest BCUT2D eigenvalue weighted by Gasteiger charge is -2.15. The van der Waals surface area contributed by atoms with E-state index < -0.39 is 17.4 Å². The number of H-pyrrole nitrogens is 1. The average Bonchev–Trinajstić information content (AvgIpc) is 3.16. The Morgan fingerprint density at radius 3 is 2.56 bits per heavy atom. The Labute approximate surface area is 182 Å². The highest BCUT2D eigenvalue weighted by molar-refractivity contribution is 5.80. The highest BCUT2D eigenvalue weighted by Gasteiger charge is 2.19. The summed E-state index contributed by atoms with van der Waals surface area (Å²) in [4.78, 5) is 31.2. The number of nitrogens with one attached hydrogen (secondary N) is 2. The van der Waals surface area contributed by atoms with Gasteiger partial charge in [0.05, 0.1) is 12.8 Å². The molecule has 0 amide bonds. The van der Waals surface area contributed by atoms with E-state index in [1.54, 1.807) is 18.3 Å². The Kier molecular flexibility index (Phi) is 6.13. The number of hydrogen-bond donors (Lipinski definition) is 3. The molecule has 0 unspecified atom stereocenters. The lowest BCUT2D eigenvalue weighted by Crippen LogP contribution is -2.30. The number of aliphatic hydroxyl groups is 1.